The molecule has 0 aliphatic heterocycles. The first-order chi connectivity index (χ1) is 8.59. The number of hydrogen-bond donors (Lipinski definition) is 0. The first kappa shape index (κ1) is 11.3. The van der Waals surface area contributed by atoms with Gasteiger partial charge >= 0.3 is 0 Å². The smallest absolute Gasteiger partial charge is 0.0710 e. The standard InChI is InChI=1S/C16H18N2/c1-10(2)15-16-13(9-11(3)17-15)12-7-5-6-8-14(12)18(16)4/h5-10H,1-4H3. The maximum Gasteiger partial charge on any atom is 0.0710 e. The summed E-state index contributed by atoms with van der Waals surface area (Å²) in [5, 5.41) is 2.65. The van der Waals surface area contributed by atoms with Crippen LogP contribution in [0.1, 0.15) is 31.2 Å². The molecule has 1 aromatic carbocycles. The van der Waals surface area contributed by atoms with Crippen LogP contribution in [0.5, 0.6) is 0 Å². The summed E-state index contributed by atoms with van der Waals surface area (Å²) in [6.45, 7) is 6.49. The Morgan fingerprint density at radius 3 is 2.56 bits per heavy atom. The third-order valence-electron chi connectivity index (χ3n) is 3.59. The van der Waals surface area contributed by atoms with E-state index >= 15 is 0 Å². The van der Waals surface area contributed by atoms with Crippen molar-refractivity contribution in [3.05, 3.63) is 41.7 Å². The lowest BCUT2D eigenvalue weighted by molar-refractivity contribution is 0.814. The normalized spacial score (nSPS) is 11.8. The van der Waals surface area contributed by atoms with Crippen LogP contribution in [0.25, 0.3) is 21.8 Å². The summed E-state index contributed by atoms with van der Waals surface area (Å²) in [4.78, 5) is 4.74. The number of hydrogen-bond acceptors (Lipinski definition) is 1. The number of para-hydroxylation sites is 1. The van der Waals surface area contributed by atoms with E-state index in [4.69, 9.17) is 4.98 Å². The van der Waals surface area contributed by atoms with Crippen LogP contribution in [0.15, 0.2) is 30.3 Å². The number of nitrogens with zero attached hydrogens (tertiary/aromatic N) is 2. The Bertz CT molecular complexity index is 736. The van der Waals surface area contributed by atoms with Gasteiger partial charge in [-0.15, -0.1) is 0 Å². The highest BCUT2D eigenvalue weighted by molar-refractivity contribution is 6.08. The molecule has 0 spiro atoms. The number of pyridine rings is 1. The van der Waals surface area contributed by atoms with E-state index in [9.17, 15) is 0 Å². The minimum atomic E-state index is 0.440. The van der Waals surface area contributed by atoms with Crippen molar-refractivity contribution in [3.8, 4) is 0 Å². The summed E-state index contributed by atoms with van der Waals surface area (Å²) in [6.07, 6.45) is 0. The van der Waals surface area contributed by atoms with Crippen molar-refractivity contribution in [1.29, 1.82) is 0 Å². The second-order valence-electron chi connectivity index (χ2n) is 5.28. The topological polar surface area (TPSA) is 17.8 Å². The van der Waals surface area contributed by atoms with Crippen LogP contribution in [0.2, 0.25) is 0 Å². The lowest BCUT2D eigenvalue weighted by Gasteiger charge is -2.09. The van der Waals surface area contributed by atoms with E-state index in [-0.39, 0.29) is 0 Å². The Morgan fingerprint density at radius 2 is 1.83 bits per heavy atom. The number of aromatic nitrogens is 2. The van der Waals surface area contributed by atoms with Gasteiger partial charge in [0.15, 0.2) is 0 Å². The molecule has 0 aliphatic carbocycles. The highest BCUT2D eigenvalue weighted by Gasteiger charge is 2.15. The van der Waals surface area contributed by atoms with Crippen molar-refractivity contribution >= 4 is 21.8 Å². The Morgan fingerprint density at radius 1 is 1.11 bits per heavy atom. The molecule has 3 aromatic rings. The van der Waals surface area contributed by atoms with Crippen molar-refractivity contribution in [2.24, 2.45) is 7.05 Å². The van der Waals surface area contributed by atoms with E-state index in [1.54, 1.807) is 0 Å². The molecule has 0 amide bonds. The number of aryl methyl sites for hydroxylation is 2. The average molecular weight is 238 g/mol. The zero-order valence-corrected chi connectivity index (χ0v) is 11.4. The van der Waals surface area contributed by atoms with Gasteiger partial charge in [-0.25, -0.2) is 0 Å². The average Bonchev–Trinajstić information content (AvgIpc) is 2.63. The number of rotatable bonds is 1. The van der Waals surface area contributed by atoms with Crippen molar-refractivity contribution in [2.45, 2.75) is 26.7 Å². The molecule has 0 aliphatic rings. The van der Waals surface area contributed by atoms with Gasteiger partial charge in [-0.2, -0.15) is 0 Å². The second-order valence-corrected chi connectivity index (χ2v) is 5.28. The molecule has 2 aromatic heterocycles. The molecule has 18 heavy (non-hydrogen) atoms. The molecule has 92 valence electrons. The van der Waals surface area contributed by atoms with Crippen molar-refractivity contribution in [1.82, 2.24) is 9.55 Å². The van der Waals surface area contributed by atoms with Crippen molar-refractivity contribution in [3.63, 3.8) is 0 Å². The predicted octanol–water partition coefficient (Wildman–Crippen LogP) is 4.16. The molecule has 0 bridgehead atoms. The predicted molar refractivity (Wildman–Crippen MR) is 77.0 cm³/mol. The van der Waals surface area contributed by atoms with Crippen LogP contribution in [-0.2, 0) is 7.05 Å². The molecule has 0 N–H and O–H groups in total. The van der Waals surface area contributed by atoms with Gasteiger partial charge in [0.05, 0.1) is 11.2 Å². The summed E-state index contributed by atoms with van der Waals surface area (Å²) in [5.74, 6) is 0.440. The van der Waals surface area contributed by atoms with Crippen LogP contribution in [0.4, 0.5) is 0 Å². The third-order valence-corrected chi connectivity index (χ3v) is 3.59. The largest absolute Gasteiger partial charge is 0.342 e. The molecule has 0 saturated heterocycles. The maximum atomic E-state index is 4.74. The monoisotopic (exact) mass is 238 g/mol. The van der Waals surface area contributed by atoms with Gasteiger partial charge in [0.1, 0.15) is 0 Å². The van der Waals surface area contributed by atoms with Gasteiger partial charge < -0.3 is 4.57 Å². The molecular weight excluding hydrogens is 220 g/mol. The lowest BCUT2D eigenvalue weighted by atomic mass is 10.1. The van der Waals surface area contributed by atoms with E-state index in [1.807, 2.05) is 0 Å². The molecule has 0 atom stereocenters. The second kappa shape index (κ2) is 3.84. The van der Waals surface area contributed by atoms with Gasteiger partial charge in [0.2, 0.25) is 0 Å². The fourth-order valence-electron chi connectivity index (χ4n) is 2.77. The molecule has 0 unspecified atom stereocenters. The van der Waals surface area contributed by atoms with Crippen LogP contribution in [0, 0.1) is 6.92 Å². The zero-order valence-electron chi connectivity index (χ0n) is 11.4. The van der Waals surface area contributed by atoms with Gasteiger partial charge in [-0.3, -0.25) is 4.98 Å². The van der Waals surface area contributed by atoms with Crippen LogP contribution in [0.3, 0.4) is 0 Å². The highest BCUT2D eigenvalue weighted by Crippen LogP contribution is 2.32. The highest BCUT2D eigenvalue weighted by atomic mass is 15.0. The lowest BCUT2D eigenvalue weighted by Crippen LogP contribution is -1.99. The Labute approximate surface area is 107 Å². The zero-order chi connectivity index (χ0) is 12.9. The summed E-state index contributed by atoms with van der Waals surface area (Å²) in [7, 11) is 2.13. The van der Waals surface area contributed by atoms with E-state index in [1.165, 1.54) is 27.5 Å². The number of fused-ring (bicyclic) bond motifs is 3. The summed E-state index contributed by atoms with van der Waals surface area (Å²) in [5.41, 5.74) is 4.85. The fraction of sp³-hybridized carbons (Fsp3) is 0.312. The van der Waals surface area contributed by atoms with E-state index in [0.717, 1.165) is 5.69 Å². The van der Waals surface area contributed by atoms with Gasteiger partial charge in [0, 0.05) is 29.0 Å². The van der Waals surface area contributed by atoms with Crippen LogP contribution in [-0.4, -0.2) is 9.55 Å². The van der Waals surface area contributed by atoms with Crippen molar-refractivity contribution < 1.29 is 0 Å². The minimum absolute atomic E-state index is 0.440. The van der Waals surface area contributed by atoms with Gasteiger partial charge in [0.25, 0.3) is 0 Å². The Hall–Kier alpha value is -1.83. The molecular formula is C16H18N2. The molecule has 2 heteroatoms. The van der Waals surface area contributed by atoms with Crippen LogP contribution < -0.4 is 0 Å². The minimum Gasteiger partial charge on any atom is -0.342 e. The van der Waals surface area contributed by atoms with E-state index < -0.39 is 0 Å². The molecule has 0 saturated carbocycles. The van der Waals surface area contributed by atoms with Crippen LogP contribution >= 0.6 is 0 Å². The molecule has 2 nitrogen and oxygen atoms in total. The van der Waals surface area contributed by atoms with E-state index in [2.05, 4.69) is 62.7 Å². The summed E-state index contributed by atoms with van der Waals surface area (Å²) < 4.78 is 2.27. The van der Waals surface area contributed by atoms with Gasteiger partial charge in [-0.1, -0.05) is 32.0 Å². The first-order valence-electron chi connectivity index (χ1n) is 6.44. The molecule has 0 fully saturated rings. The van der Waals surface area contributed by atoms with E-state index in [0.29, 0.717) is 5.92 Å². The van der Waals surface area contributed by atoms with Gasteiger partial charge in [-0.05, 0) is 25.0 Å². The molecule has 2 heterocycles. The molecule has 3 rings (SSSR count). The SMILES string of the molecule is Cc1cc2c3ccccc3n(C)c2c(C(C)C)n1. The van der Waals surface area contributed by atoms with Crippen molar-refractivity contribution in [2.75, 3.05) is 0 Å². The summed E-state index contributed by atoms with van der Waals surface area (Å²) in [6, 6.07) is 10.8. The maximum absolute atomic E-state index is 4.74. The molecule has 0 radical (unpaired) electrons. The Balaban J connectivity index is 2.59. The first-order valence-corrected chi connectivity index (χ1v) is 6.44. The number of benzene rings is 1. The quantitative estimate of drug-likeness (QED) is 0.622. The Kier molecular flexibility index (Phi) is 2.40. The third kappa shape index (κ3) is 1.45. The fourth-order valence-corrected chi connectivity index (χ4v) is 2.77. The summed E-state index contributed by atoms with van der Waals surface area (Å²) >= 11 is 0.